The third-order valence-corrected chi connectivity index (χ3v) is 4.28. The third-order valence-electron chi connectivity index (χ3n) is 2.63. The highest BCUT2D eigenvalue weighted by molar-refractivity contribution is 9.11. The van der Waals surface area contributed by atoms with Crippen molar-refractivity contribution in [2.75, 3.05) is 0 Å². The minimum Gasteiger partial charge on any atom is -0.229 e. The Bertz CT molecular complexity index is 473. The second-order valence-corrected chi connectivity index (χ2v) is 6.00. The Morgan fingerprint density at radius 3 is 2.38 bits per heavy atom. The average Bonchev–Trinajstić information content (AvgIpc) is 2.70. The molecule has 0 saturated carbocycles. The first-order valence-electron chi connectivity index (χ1n) is 5.49. The fraction of sp³-hybridized carbons (Fsp3) is 0.308. The van der Waals surface area contributed by atoms with Crippen molar-refractivity contribution in [1.29, 1.82) is 0 Å². The van der Waals surface area contributed by atoms with Gasteiger partial charge in [0.25, 0.3) is 0 Å². The zero-order valence-electron chi connectivity index (χ0n) is 9.46. The summed E-state index contributed by atoms with van der Waals surface area (Å²) in [5.74, 6) is 0. The highest BCUT2D eigenvalue weighted by Crippen LogP contribution is 2.31. The standard InChI is InChI=1S/C13H14BrNS/c1-3-9-5-7-10(8-6-9)12-11(4-2)16-13(14)15-12/h5-8H,3-4H2,1-2H3. The second kappa shape index (κ2) is 5.11. The average molecular weight is 296 g/mol. The van der Waals surface area contributed by atoms with Gasteiger partial charge in [-0.2, -0.15) is 0 Å². The van der Waals surface area contributed by atoms with E-state index in [1.54, 1.807) is 11.3 Å². The van der Waals surface area contributed by atoms with E-state index in [2.05, 4.69) is 59.0 Å². The Balaban J connectivity index is 2.41. The molecule has 0 spiro atoms. The van der Waals surface area contributed by atoms with E-state index in [-0.39, 0.29) is 0 Å². The van der Waals surface area contributed by atoms with Crippen molar-refractivity contribution < 1.29 is 0 Å². The van der Waals surface area contributed by atoms with Crippen molar-refractivity contribution in [3.05, 3.63) is 38.6 Å². The Hall–Kier alpha value is -0.670. The lowest BCUT2D eigenvalue weighted by atomic mass is 10.1. The van der Waals surface area contributed by atoms with Gasteiger partial charge in [-0.1, -0.05) is 38.1 Å². The summed E-state index contributed by atoms with van der Waals surface area (Å²) in [6.45, 7) is 4.34. The molecule has 0 radical (unpaired) electrons. The van der Waals surface area contributed by atoms with Crippen molar-refractivity contribution in [3.8, 4) is 11.3 Å². The third kappa shape index (κ3) is 2.36. The largest absolute Gasteiger partial charge is 0.229 e. The molecule has 3 heteroatoms. The Kier molecular flexibility index (Phi) is 3.77. The maximum atomic E-state index is 4.54. The van der Waals surface area contributed by atoms with E-state index in [0.717, 1.165) is 22.5 Å². The van der Waals surface area contributed by atoms with Crippen LogP contribution in [0.4, 0.5) is 0 Å². The maximum Gasteiger partial charge on any atom is 0.160 e. The van der Waals surface area contributed by atoms with Gasteiger partial charge in [0.2, 0.25) is 0 Å². The molecule has 0 saturated heterocycles. The Morgan fingerprint density at radius 1 is 1.12 bits per heavy atom. The monoisotopic (exact) mass is 295 g/mol. The Labute approximate surface area is 109 Å². The van der Waals surface area contributed by atoms with E-state index in [1.807, 2.05) is 0 Å². The highest BCUT2D eigenvalue weighted by atomic mass is 79.9. The number of thiazole rings is 1. The quantitative estimate of drug-likeness (QED) is 0.800. The SMILES string of the molecule is CCc1ccc(-c2nc(Br)sc2CC)cc1. The smallest absolute Gasteiger partial charge is 0.160 e. The second-order valence-electron chi connectivity index (χ2n) is 3.64. The van der Waals surface area contributed by atoms with Gasteiger partial charge in [-0.25, -0.2) is 4.98 Å². The lowest BCUT2D eigenvalue weighted by Crippen LogP contribution is -1.85. The first-order chi connectivity index (χ1) is 7.74. The number of hydrogen-bond donors (Lipinski definition) is 0. The molecule has 2 aromatic rings. The molecule has 0 bridgehead atoms. The van der Waals surface area contributed by atoms with Crippen LogP contribution in [0.2, 0.25) is 0 Å². The molecular formula is C13H14BrNS. The lowest BCUT2D eigenvalue weighted by molar-refractivity contribution is 1.14. The summed E-state index contributed by atoms with van der Waals surface area (Å²) < 4.78 is 0.971. The van der Waals surface area contributed by atoms with Gasteiger partial charge in [0, 0.05) is 10.4 Å². The molecule has 0 aliphatic carbocycles. The number of aryl methyl sites for hydroxylation is 2. The van der Waals surface area contributed by atoms with Crippen LogP contribution in [-0.2, 0) is 12.8 Å². The molecule has 2 rings (SSSR count). The summed E-state index contributed by atoms with van der Waals surface area (Å²) in [4.78, 5) is 5.89. The molecular weight excluding hydrogens is 282 g/mol. The molecule has 1 nitrogen and oxygen atoms in total. The van der Waals surface area contributed by atoms with E-state index in [9.17, 15) is 0 Å². The van der Waals surface area contributed by atoms with Crippen LogP contribution in [0.15, 0.2) is 28.2 Å². The highest BCUT2D eigenvalue weighted by Gasteiger charge is 2.09. The van der Waals surface area contributed by atoms with Gasteiger partial charge in [0.05, 0.1) is 5.69 Å². The summed E-state index contributed by atoms with van der Waals surface area (Å²) in [5.41, 5.74) is 3.72. The fourth-order valence-electron chi connectivity index (χ4n) is 1.69. The molecule has 0 N–H and O–H groups in total. The van der Waals surface area contributed by atoms with Gasteiger partial charge in [-0.15, -0.1) is 11.3 Å². The number of aromatic nitrogens is 1. The molecule has 1 heterocycles. The molecule has 0 unspecified atom stereocenters. The van der Waals surface area contributed by atoms with Crippen LogP contribution >= 0.6 is 27.3 Å². The fourth-order valence-corrected chi connectivity index (χ4v) is 3.19. The van der Waals surface area contributed by atoms with Gasteiger partial charge < -0.3 is 0 Å². The molecule has 0 aliphatic rings. The predicted molar refractivity (Wildman–Crippen MR) is 74.0 cm³/mol. The molecule has 0 atom stereocenters. The van der Waals surface area contributed by atoms with E-state index < -0.39 is 0 Å². The Morgan fingerprint density at radius 2 is 1.81 bits per heavy atom. The van der Waals surface area contributed by atoms with Crippen molar-refractivity contribution in [1.82, 2.24) is 4.98 Å². The molecule has 1 aromatic heterocycles. The minimum atomic E-state index is 0.971. The predicted octanol–water partition coefficient (Wildman–Crippen LogP) is 4.70. The summed E-state index contributed by atoms with van der Waals surface area (Å²) in [6, 6.07) is 8.70. The minimum absolute atomic E-state index is 0.971. The normalized spacial score (nSPS) is 10.7. The summed E-state index contributed by atoms with van der Waals surface area (Å²) >= 11 is 5.18. The number of halogens is 1. The van der Waals surface area contributed by atoms with Gasteiger partial charge in [0.1, 0.15) is 0 Å². The molecule has 84 valence electrons. The van der Waals surface area contributed by atoms with Crippen LogP contribution in [0.3, 0.4) is 0 Å². The summed E-state index contributed by atoms with van der Waals surface area (Å²) in [5, 5.41) is 0. The van der Waals surface area contributed by atoms with Crippen LogP contribution < -0.4 is 0 Å². The van der Waals surface area contributed by atoms with E-state index in [1.165, 1.54) is 16.0 Å². The van der Waals surface area contributed by atoms with Crippen molar-refractivity contribution in [3.63, 3.8) is 0 Å². The van der Waals surface area contributed by atoms with Gasteiger partial charge >= 0.3 is 0 Å². The van der Waals surface area contributed by atoms with Crippen LogP contribution in [-0.4, -0.2) is 4.98 Å². The van der Waals surface area contributed by atoms with Gasteiger partial charge in [-0.05, 0) is 34.3 Å². The van der Waals surface area contributed by atoms with E-state index in [0.29, 0.717) is 0 Å². The number of rotatable bonds is 3. The van der Waals surface area contributed by atoms with Crippen molar-refractivity contribution in [2.45, 2.75) is 26.7 Å². The van der Waals surface area contributed by atoms with E-state index in [4.69, 9.17) is 0 Å². The first-order valence-corrected chi connectivity index (χ1v) is 7.10. The van der Waals surface area contributed by atoms with Crippen LogP contribution in [0.5, 0.6) is 0 Å². The zero-order valence-corrected chi connectivity index (χ0v) is 11.9. The van der Waals surface area contributed by atoms with Crippen molar-refractivity contribution in [2.24, 2.45) is 0 Å². The van der Waals surface area contributed by atoms with Crippen LogP contribution in [0.1, 0.15) is 24.3 Å². The van der Waals surface area contributed by atoms with E-state index >= 15 is 0 Å². The van der Waals surface area contributed by atoms with Crippen LogP contribution in [0, 0.1) is 0 Å². The molecule has 0 aliphatic heterocycles. The lowest BCUT2D eigenvalue weighted by Gasteiger charge is -2.01. The van der Waals surface area contributed by atoms with Crippen LogP contribution in [0.25, 0.3) is 11.3 Å². The summed E-state index contributed by atoms with van der Waals surface area (Å²) in [6.07, 6.45) is 2.12. The van der Waals surface area contributed by atoms with Crippen molar-refractivity contribution >= 4 is 27.3 Å². The van der Waals surface area contributed by atoms with Gasteiger partial charge in [-0.3, -0.25) is 0 Å². The first kappa shape index (κ1) is 11.8. The number of nitrogens with zero attached hydrogens (tertiary/aromatic N) is 1. The topological polar surface area (TPSA) is 12.9 Å². The zero-order chi connectivity index (χ0) is 11.5. The maximum absolute atomic E-state index is 4.54. The van der Waals surface area contributed by atoms with Gasteiger partial charge in [0.15, 0.2) is 3.92 Å². The molecule has 0 amide bonds. The number of benzene rings is 1. The molecule has 0 fully saturated rings. The summed E-state index contributed by atoms with van der Waals surface area (Å²) in [7, 11) is 0. The molecule has 16 heavy (non-hydrogen) atoms. The number of hydrogen-bond acceptors (Lipinski definition) is 2. The molecule has 1 aromatic carbocycles.